The number of nitrogens with one attached hydrogen (secondary N) is 1. The highest BCUT2D eigenvalue weighted by Crippen LogP contribution is 2.24. The van der Waals surface area contributed by atoms with E-state index in [2.05, 4.69) is 5.32 Å². The standard InChI is InChI=1S/C13H12N2O4S/c1-8-2-4-10(20-8)7-14-9-3-5-12(15(18)19)11(6-9)13(16)17/h2-6,14H,7H2,1H3,(H,16,17). The minimum absolute atomic E-state index is 0.317. The van der Waals surface area contributed by atoms with Crippen LogP contribution in [0.3, 0.4) is 0 Å². The van der Waals surface area contributed by atoms with Gasteiger partial charge in [-0.15, -0.1) is 11.3 Å². The van der Waals surface area contributed by atoms with Crippen LogP contribution in [0, 0.1) is 17.0 Å². The lowest BCUT2D eigenvalue weighted by Gasteiger charge is -2.06. The van der Waals surface area contributed by atoms with E-state index in [-0.39, 0.29) is 5.56 Å². The predicted octanol–water partition coefficient (Wildman–Crippen LogP) is 3.28. The van der Waals surface area contributed by atoms with Crippen LogP contribution in [0.5, 0.6) is 0 Å². The van der Waals surface area contributed by atoms with E-state index in [1.54, 1.807) is 11.3 Å². The highest BCUT2D eigenvalue weighted by atomic mass is 32.1. The van der Waals surface area contributed by atoms with Crippen molar-refractivity contribution in [2.75, 3.05) is 5.32 Å². The Morgan fingerprint density at radius 3 is 2.70 bits per heavy atom. The monoisotopic (exact) mass is 292 g/mol. The van der Waals surface area contributed by atoms with Crippen LogP contribution in [-0.4, -0.2) is 16.0 Å². The van der Waals surface area contributed by atoms with Gasteiger partial charge in [-0.2, -0.15) is 0 Å². The topological polar surface area (TPSA) is 92.5 Å². The first kappa shape index (κ1) is 14.0. The third-order valence-electron chi connectivity index (χ3n) is 2.69. The molecule has 2 rings (SSSR count). The van der Waals surface area contributed by atoms with E-state index < -0.39 is 16.6 Å². The fourth-order valence-electron chi connectivity index (χ4n) is 1.75. The molecule has 0 unspecified atom stereocenters. The molecule has 2 aromatic rings. The van der Waals surface area contributed by atoms with Crippen LogP contribution < -0.4 is 5.32 Å². The molecule has 0 aliphatic heterocycles. The molecule has 0 aliphatic carbocycles. The zero-order chi connectivity index (χ0) is 14.7. The van der Waals surface area contributed by atoms with Gasteiger partial charge in [0.2, 0.25) is 0 Å². The van der Waals surface area contributed by atoms with E-state index in [0.29, 0.717) is 12.2 Å². The maximum atomic E-state index is 11.0. The van der Waals surface area contributed by atoms with E-state index >= 15 is 0 Å². The van der Waals surface area contributed by atoms with Crippen molar-refractivity contribution in [3.8, 4) is 0 Å². The van der Waals surface area contributed by atoms with Gasteiger partial charge in [0.15, 0.2) is 0 Å². The van der Waals surface area contributed by atoms with Crippen LogP contribution in [0.4, 0.5) is 11.4 Å². The molecule has 20 heavy (non-hydrogen) atoms. The zero-order valence-corrected chi connectivity index (χ0v) is 11.4. The van der Waals surface area contributed by atoms with Gasteiger partial charge in [0.1, 0.15) is 5.56 Å². The summed E-state index contributed by atoms with van der Waals surface area (Å²) in [4.78, 5) is 23.4. The number of thiophene rings is 1. The Bertz CT molecular complexity index is 666. The van der Waals surface area contributed by atoms with E-state index in [1.165, 1.54) is 23.1 Å². The van der Waals surface area contributed by atoms with Gasteiger partial charge in [-0.25, -0.2) is 4.79 Å². The van der Waals surface area contributed by atoms with Crippen LogP contribution in [-0.2, 0) is 6.54 Å². The molecule has 0 saturated carbocycles. The summed E-state index contributed by atoms with van der Waals surface area (Å²) < 4.78 is 0. The molecule has 0 aliphatic rings. The number of benzene rings is 1. The number of hydrogen-bond donors (Lipinski definition) is 2. The quantitative estimate of drug-likeness (QED) is 0.651. The molecule has 7 heteroatoms. The lowest BCUT2D eigenvalue weighted by molar-refractivity contribution is -0.385. The van der Waals surface area contributed by atoms with Gasteiger partial charge >= 0.3 is 5.97 Å². The molecular formula is C13H12N2O4S. The molecule has 0 atom stereocenters. The lowest BCUT2D eigenvalue weighted by atomic mass is 10.1. The van der Waals surface area contributed by atoms with Gasteiger partial charge in [-0.1, -0.05) is 0 Å². The summed E-state index contributed by atoms with van der Waals surface area (Å²) in [6.07, 6.45) is 0. The summed E-state index contributed by atoms with van der Waals surface area (Å²) in [5, 5.41) is 22.8. The second kappa shape index (κ2) is 5.70. The first-order chi connectivity index (χ1) is 9.47. The third kappa shape index (κ3) is 3.12. The number of carboxylic acid groups (broad SMARTS) is 1. The fourth-order valence-corrected chi connectivity index (χ4v) is 2.58. The minimum Gasteiger partial charge on any atom is -0.477 e. The second-order valence-corrected chi connectivity index (χ2v) is 5.53. The molecule has 1 heterocycles. The van der Waals surface area contributed by atoms with Gasteiger partial charge in [0.05, 0.1) is 4.92 Å². The van der Waals surface area contributed by atoms with Crippen molar-refractivity contribution in [3.63, 3.8) is 0 Å². The Balaban J connectivity index is 2.18. The molecule has 1 aromatic heterocycles. The van der Waals surface area contributed by atoms with E-state index in [4.69, 9.17) is 5.11 Å². The molecule has 0 radical (unpaired) electrons. The van der Waals surface area contributed by atoms with Crippen LogP contribution in [0.2, 0.25) is 0 Å². The van der Waals surface area contributed by atoms with Crippen molar-refractivity contribution in [1.29, 1.82) is 0 Å². The number of nitro benzene ring substituents is 1. The van der Waals surface area contributed by atoms with Crippen molar-refractivity contribution in [2.45, 2.75) is 13.5 Å². The summed E-state index contributed by atoms with van der Waals surface area (Å²) in [5.74, 6) is -1.31. The predicted molar refractivity (Wildman–Crippen MR) is 76.4 cm³/mol. The summed E-state index contributed by atoms with van der Waals surface area (Å²) in [5.41, 5.74) is -0.184. The zero-order valence-electron chi connectivity index (χ0n) is 10.6. The number of anilines is 1. The first-order valence-electron chi connectivity index (χ1n) is 5.78. The van der Waals surface area contributed by atoms with Gasteiger partial charge in [-0.3, -0.25) is 10.1 Å². The molecule has 0 bridgehead atoms. The minimum atomic E-state index is -1.31. The molecule has 104 valence electrons. The number of carboxylic acids is 1. The second-order valence-electron chi connectivity index (χ2n) is 4.16. The molecule has 0 saturated heterocycles. The Kier molecular flexibility index (Phi) is 3.99. The van der Waals surface area contributed by atoms with Gasteiger partial charge in [0.25, 0.3) is 5.69 Å². The average Bonchev–Trinajstić information content (AvgIpc) is 2.81. The summed E-state index contributed by atoms with van der Waals surface area (Å²) >= 11 is 1.64. The van der Waals surface area contributed by atoms with Crippen LogP contribution in [0.25, 0.3) is 0 Å². The summed E-state index contributed by atoms with van der Waals surface area (Å²) in [6, 6.07) is 7.97. The molecule has 0 fully saturated rings. The number of aryl methyl sites for hydroxylation is 1. The number of nitro groups is 1. The van der Waals surface area contributed by atoms with Crippen LogP contribution >= 0.6 is 11.3 Å². The number of hydrogen-bond acceptors (Lipinski definition) is 5. The van der Waals surface area contributed by atoms with Crippen LogP contribution in [0.1, 0.15) is 20.1 Å². The number of carbonyl (C=O) groups is 1. The third-order valence-corrected chi connectivity index (χ3v) is 3.69. The number of nitrogens with zero attached hydrogens (tertiary/aromatic N) is 1. The SMILES string of the molecule is Cc1ccc(CNc2ccc([N+](=O)[O-])c(C(=O)O)c2)s1. The summed E-state index contributed by atoms with van der Waals surface area (Å²) in [7, 11) is 0. The molecule has 2 N–H and O–H groups in total. The maximum absolute atomic E-state index is 11.0. The van der Waals surface area contributed by atoms with Crippen molar-refractivity contribution in [3.05, 3.63) is 55.8 Å². The van der Waals surface area contributed by atoms with Crippen molar-refractivity contribution in [1.82, 2.24) is 0 Å². The smallest absolute Gasteiger partial charge is 0.342 e. The van der Waals surface area contributed by atoms with Crippen LogP contribution in [0.15, 0.2) is 30.3 Å². The van der Waals surface area contributed by atoms with Crippen molar-refractivity contribution in [2.24, 2.45) is 0 Å². The Hall–Kier alpha value is -2.41. The van der Waals surface area contributed by atoms with Crippen molar-refractivity contribution < 1.29 is 14.8 Å². The molecule has 1 aromatic carbocycles. The van der Waals surface area contributed by atoms with Gasteiger partial charge in [0, 0.05) is 28.1 Å². The molecule has 0 spiro atoms. The van der Waals surface area contributed by atoms with Gasteiger partial charge in [-0.05, 0) is 31.2 Å². The first-order valence-corrected chi connectivity index (χ1v) is 6.60. The Morgan fingerprint density at radius 1 is 1.40 bits per heavy atom. The highest BCUT2D eigenvalue weighted by molar-refractivity contribution is 7.11. The van der Waals surface area contributed by atoms with E-state index in [9.17, 15) is 14.9 Å². The molecule has 6 nitrogen and oxygen atoms in total. The van der Waals surface area contributed by atoms with Crippen molar-refractivity contribution >= 4 is 28.7 Å². The highest BCUT2D eigenvalue weighted by Gasteiger charge is 2.19. The summed E-state index contributed by atoms with van der Waals surface area (Å²) in [6.45, 7) is 2.55. The van der Waals surface area contributed by atoms with E-state index in [0.717, 1.165) is 4.88 Å². The average molecular weight is 292 g/mol. The maximum Gasteiger partial charge on any atom is 0.342 e. The fraction of sp³-hybridized carbons (Fsp3) is 0.154. The largest absolute Gasteiger partial charge is 0.477 e. The normalized spacial score (nSPS) is 10.2. The Morgan fingerprint density at radius 2 is 2.15 bits per heavy atom. The lowest BCUT2D eigenvalue weighted by Crippen LogP contribution is -2.05. The number of rotatable bonds is 5. The Labute approximate surface area is 118 Å². The van der Waals surface area contributed by atoms with Gasteiger partial charge < -0.3 is 10.4 Å². The molecule has 0 amide bonds. The number of aromatic carboxylic acids is 1. The molecular weight excluding hydrogens is 280 g/mol. The van der Waals surface area contributed by atoms with E-state index in [1.807, 2.05) is 19.1 Å².